The van der Waals surface area contributed by atoms with Crippen LogP contribution in [0.3, 0.4) is 0 Å². The summed E-state index contributed by atoms with van der Waals surface area (Å²) in [6.07, 6.45) is 3.46. The summed E-state index contributed by atoms with van der Waals surface area (Å²) in [6.45, 7) is 2.00. The fraction of sp³-hybridized carbons (Fsp3) is 0.0769. The number of carbonyl (C=O) groups excluding carboxylic acids is 1. The smallest absolute Gasteiger partial charge is 0.255 e. The van der Waals surface area contributed by atoms with Crippen molar-refractivity contribution in [3.8, 4) is 5.82 Å². The second kappa shape index (κ2) is 9.33. The van der Waals surface area contributed by atoms with Crippen molar-refractivity contribution in [3.63, 3.8) is 0 Å². The number of para-hydroxylation sites is 2. The van der Waals surface area contributed by atoms with Crippen molar-refractivity contribution in [3.05, 3.63) is 108 Å². The largest absolute Gasteiger partial charge is 0.348 e. The van der Waals surface area contributed by atoms with Gasteiger partial charge in [0.05, 0.1) is 17.1 Å². The van der Waals surface area contributed by atoms with Gasteiger partial charge in [0.15, 0.2) is 0 Å². The predicted octanol–water partition coefficient (Wildman–Crippen LogP) is 5.89. The Morgan fingerprint density at radius 1 is 0.971 bits per heavy atom. The first-order valence-corrected chi connectivity index (χ1v) is 11.1. The second-order valence-corrected chi connectivity index (χ2v) is 8.23. The van der Waals surface area contributed by atoms with E-state index in [-0.39, 0.29) is 11.9 Å². The molecule has 0 aliphatic rings. The van der Waals surface area contributed by atoms with Crippen LogP contribution >= 0.6 is 11.6 Å². The van der Waals surface area contributed by atoms with E-state index < -0.39 is 0 Å². The predicted molar refractivity (Wildman–Crippen MR) is 135 cm³/mol. The number of nitrogens with zero attached hydrogens (tertiary/aromatic N) is 4. The second-order valence-electron chi connectivity index (χ2n) is 7.79. The lowest BCUT2D eigenvalue weighted by Crippen LogP contribution is -2.14. The monoisotopic (exact) mass is 468 g/mol. The fourth-order valence-electron chi connectivity index (χ4n) is 3.66. The number of halogens is 1. The molecule has 34 heavy (non-hydrogen) atoms. The summed E-state index contributed by atoms with van der Waals surface area (Å²) in [4.78, 5) is 26.2. The van der Waals surface area contributed by atoms with Crippen LogP contribution in [-0.4, -0.2) is 25.4 Å². The molecule has 0 aliphatic carbocycles. The first kappa shape index (κ1) is 21.6. The maximum absolute atomic E-state index is 12.7. The minimum absolute atomic E-state index is 0.127. The molecule has 0 aliphatic heterocycles. The SMILES string of the molecule is C[C@H](Nc1nccc(-n2cnc3ccccc32)n1)c1cccc(C(=O)Nc2ccc(Cl)cc2)c1. The highest BCUT2D eigenvalue weighted by atomic mass is 35.5. The van der Waals surface area contributed by atoms with E-state index in [2.05, 4.69) is 25.6 Å². The van der Waals surface area contributed by atoms with Crippen LogP contribution in [0.25, 0.3) is 16.9 Å². The normalized spacial score (nSPS) is 11.8. The zero-order chi connectivity index (χ0) is 23.5. The van der Waals surface area contributed by atoms with E-state index in [1.54, 1.807) is 42.9 Å². The van der Waals surface area contributed by atoms with Crippen LogP contribution in [0.1, 0.15) is 28.9 Å². The third kappa shape index (κ3) is 4.60. The third-order valence-corrected chi connectivity index (χ3v) is 5.69. The number of carbonyl (C=O) groups is 1. The lowest BCUT2D eigenvalue weighted by atomic mass is 10.0. The summed E-state index contributed by atoms with van der Waals surface area (Å²) in [5.41, 5.74) is 4.05. The van der Waals surface area contributed by atoms with Crippen LogP contribution in [0.15, 0.2) is 91.4 Å². The Bertz CT molecular complexity index is 1460. The first-order valence-electron chi connectivity index (χ1n) is 10.8. The number of amides is 1. The minimum Gasteiger partial charge on any atom is -0.348 e. The number of anilines is 2. The summed E-state index contributed by atoms with van der Waals surface area (Å²) in [6, 6.07) is 24.1. The van der Waals surface area contributed by atoms with Crippen molar-refractivity contribution in [2.45, 2.75) is 13.0 Å². The summed E-state index contributed by atoms with van der Waals surface area (Å²) < 4.78 is 1.93. The topological polar surface area (TPSA) is 84.7 Å². The summed E-state index contributed by atoms with van der Waals surface area (Å²) in [7, 11) is 0. The van der Waals surface area contributed by atoms with Crippen LogP contribution in [-0.2, 0) is 0 Å². The van der Waals surface area contributed by atoms with Gasteiger partial charge in [-0.1, -0.05) is 35.9 Å². The number of imidazole rings is 1. The van der Waals surface area contributed by atoms with Crippen LogP contribution in [0.2, 0.25) is 5.02 Å². The number of hydrogen-bond acceptors (Lipinski definition) is 5. The first-order chi connectivity index (χ1) is 16.6. The van der Waals surface area contributed by atoms with Crippen LogP contribution in [0.4, 0.5) is 11.6 Å². The van der Waals surface area contributed by atoms with E-state index >= 15 is 0 Å². The molecular weight excluding hydrogens is 448 g/mol. The van der Waals surface area contributed by atoms with Gasteiger partial charge in [-0.25, -0.2) is 9.97 Å². The van der Waals surface area contributed by atoms with Gasteiger partial charge >= 0.3 is 0 Å². The van der Waals surface area contributed by atoms with Gasteiger partial charge in [0.1, 0.15) is 12.1 Å². The van der Waals surface area contributed by atoms with Gasteiger partial charge in [-0.2, -0.15) is 4.98 Å². The highest BCUT2D eigenvalue weighted by molar-refractivity contribution is 6.30. The standard InChI is InChI=1S/C26H21ClN6O/c1-17(18-5-4-6-19(15-18)25(34)31-21-11-9-20(27)10-12-21)30-26-28-14-13-24(32-26)33-16-29-22-7-2-3-8-23(22)33/h2-17H,1H3,(H,31,34)(H,28,30,32)/t17-/m0/s1. The Morgan fingerprint density at radius 2 is 1.79 bits per heavy atom. The number of fused-ring (bicyclic) bond motifs is 1. The summed E-state index contributed by atoms with van der Waals surface area (Å²) in [5.74, 6) is 1.01. The van der Waals surface area contributed by atoms with E-state index in [1.807, 2.05) is 60.0 Å². The molecule has 8 heteroatoms. The van der Waals surface area contributed by atoms with Crippen molar-refractivity contribution >= 4 is 40.2 Å². The van der Waals surface area contributed by atoms with Gasteiger partial charge in [-0.05, 0) is 67.1 Å². The van der Waals surface area contributed by atoms with Crippen LogP contribution in [0.5, 0.6) is 0 Å². The maximum atomic E-state index is 12.7. The molecule has 5 aromatic rings. The molecule has 1 atom stereocenters. The molecule has 0 saturated heterocycles. The lowest BCUT2D eigenvalue weighted by Gasteiger charge is -2.16. The highest BCUT2D eigenvalue weighted by Gasteiger charge is 2.13. The average molecular weight is 469 g/mol. The number of rotatable bonds is 6. The molecule has 2 N–H and O–H groups in total. The minimum atomic E-state index is -0.193. The summed E-state index contributed by atoms with van der Waals surface area (Å²) in [5, 5.41) is 6.83. The van der Waals surface area contributed by atoms with E-state index in [0.717, 1.165) is 22.4 Å². The Labute approximate surface area is 201 Å². The number of aromatic nitrogens is 4. The molecule has 5 rings (SSSR count). The van der Waals surface area contributed by atoms with Crippen molar-refractivity contribution in [2.75, 3.05) is 10.6 Å². The summed E-state index contributed by atoms with van der Waals surface area (Å²) >= 11 is 5.92. The molecule has 1 amide bonds. The molecule has 0 bridgehead atoms. The molecule has 2 heterocycles. The van der Waals surface area contributed by atoms with E-state index in [0.29, 0.717) is 22.2 Å². The van der Waals surface area contributed by atoms with Crippen LogP contribution in [0, 0.1) is 0 Å². The lowest BCUT2D eigenvalue weighted by molar-refractivity contribution is 0.102. The highest BCUT2D eigenvalue weighted by Crippen LogP contribution is 2.21. The zero-order valence-electron chi connectivity index (χ0n) is 18.3. The van der Waals surface area contributed by atoms with Crippen LogP contribution < -0.4 is 10.6 Å². The van der Waals surface area contributed by atoms with Crippen molar-refractivity contribution in [1.29, 1.82) is 0 Å². The number of hydrogen-bond donors (Lipinski definition) is 2. The fourth-order valence-corrected chi connectivity index (χ4v) is 3.78. The molecule has 3 aromatic carbocycles. The van der Waals surface area contributed by atoms with E-state index in [9.17, 15) is 4.79 Å². The third-order valence-electron chi connectivity index (χ3n) is 5.44. The van der Waals surface area contributed by atoms with Gasteiger partial charge in [0.2, 0.25) is 5.95 Å². The molecule has 0 saturated carbocycles. The van der Waals surface area contributed by atoms with E-state index in [4.69, 9.17) is 11.6 Å². The van der Waals surface area contributed by atoms with Crippen molar-refractivity contribution in [1.82, 2.24) is 19.5 Å². The maximum Gasteiger partial charge on any atom is 0.255 e. The van der Waals surface area contributed by atoms with E-state index in [1.165, 1.54) is 0 Å². The quantitative estimate of drug-likeness (QED) is 0.324. The molecule has 0 spiro atoms. The molecule has 7 nitrogen and oxygen atoms in total. The number of benzene rings is 3. The van der Waals surface area contributed by atoms with Crippen molar-refractivity contribution in [2.24, 2.45) is 0 Å². The van der Waals surface area contributed by atoms with Gasteiger partial charge < -0.3 is 10.6 Å². The molecular formula is C26H21ClN6O. The molecule has 0 fully saturated rings. The van der Waals surface area contributed by atoms with Gasteiger partial charge in [0, 0.05) is 22.5 Å². The molecule has 2 aromatic heterocycles. The molecule has 168 valence electrons. The Balaban J connectivity index is 1.33. The molecule has 0 unspecified atom stereocenters. The molecule has 0 radical (unpaired) electrons. The van der Waals surface area contributed by atoms with Crippen molar-refractivity contribution < 1.29 is 4.79 Å². The Morgan fingerprint density at radius 3 is 2.65 bits per heavy atom. The van der Waals surface area contributed by atoms with Gasteiger partial charge in [-0.15, -0.1) is 0 Å². The Hall–Kier alpha value is -4.23. The van der Waals surface area contributed by atoms with Gasteiger partial charge in [0.25, 0.3) is 5.91 Å². The number of nitrogens with one attached hydrogen (secondary N) is 2. The zero-order valence-corrected chi connectivity index (χ0v) is 19.1. The Kier molecular flexibility index (Phi) is 5.93. The van der Waals surface area contributed by atoms with Gasteiger partial charge in [-0.3, -0.25) is 9.36 Å². The average Bonchev–Trinajstić information content (AvgIpc) is 3.30.